The number of anilines is 2. The third-order valence-corrected chi connectivity index (χ3v) is 4.93. The molecule has 0 bridgehead atoms. The first-order valence-corrected chi connectivity index (χ1v) is 9.11. The number of ether oxygens (including phenoxy) is 2. The fourth-order valence-electron chi connectivity index (χ4n) is 2.69. The van der Waals surface area contributed by atoms with Gasteiger partial charge in [-0.2, -0.15) is 0 Å². The molecular weight excluding hydrogens is 434 g/mol. The Morgan fingerprint density at radius 2 is 1.78 bits per heavy atom. The van der Waals surface area contributed by atoms with Crippen LogP contribution < -0.4 is 20.5 Å². The molecule has 3 aromatic rings. The van der Waals surface area contributed by atoms with Gasteiger partial charge in [0.05, 0.1) is 0 Å². The molecule has 0 spiro atoms. The zero-order chi connectivity index (χ0) is 19.0. The SMILES string of the molecule is Nc1nc(NC(=O)c2ccc(Cl)cc2)ccc1-c1cc2c(cc1Br)OCO2. The van der Waals surface area contributed by atoms with Crippen LogP contribution in [0, 0.1) is 0 Å². The van der Waals surface area contributed by atoms with Crippen molar-refractivity contribution in [2.45, 2.75) is 0 Å². The molecule has 4 rings (SSSR count). The highest BCUT2D eigenvalue weighted by Crippen LogP contribution is 2.42. The van der Waals surface area contributed by atoms with E-state index in [1.807, 2.05) is 12.1 Å². The molecule has 0 fully saturated rings. The lowest BCUT2D eigenvalue weighted by atomic mass is 10.1. The first kappa shape index (κ1) is 17.6. The molecular formula is C19H13BrClN3O3. The number of aromatic nitrogens is 1. The van der Waals surface area contributed by atoms with Crippen LogP contribution in [0.15, 0.2) is 53.0 Å². The minimum Gasteiger partial charge on any atom is -0.454 e. The molecule has 2 heterocycles. The van der Waals surface area contributed by atoms with Gasteiger partial charge in [0.2, 0.25) is 6.79 Å². The van der Waals surface area contributed by atoms with Crippen LogP contribution in [0.3, 0.4) is 0 Å². The monoisotopic (exact) mass is 445 g/mol. The number of carbonyl (C=O) groups excluding carboxylic acids is 1. The molecule has 0 saturated heterocycles. The lowest BCUT2D eigenvalue weighted by Crippen LogP contribution is -2.13. The Labute approximate surface area is 168 Å². The number of pyridine rings is 1. The average Bonchev–Trinajstić information content (AvgIpc) is 3.09. The van der Waals surface area contributed by atoms with Gasteiger partial charge >= 0.3 is 0 Å². The van der Waals surface area contributed by atoms with E-state index >= 15 is 0 Å². The highest BCUT2D eigenvalue weighted by molar-refractivity contribution is 9.10. The zero-order valence-electron chi connectivity index (χ0n) is 13.8. The van der Waals surface area contributed by atoms with E-state index in [9.17, 15) is 4.79 Å². The topological polar surface area (TPSA) is 86.5 Å². The molecule has 0 saturated carbocycles. The predicted molar refractivity (Wildman–Crippen MR) is 107 cm³/mol. The highest BCUT2D eigenvalue weighted by Gasteiger charge is 2.19. The molecule has 1 aliphatic heterocycles. The van der Waals surface area contributed by atoms with Gasteiger partial charge in [-0.25, -0.2) is 4.98 Å². The number of halogens is 2. The maximum atomic E-state index is 12.3. The first-order valence-electron chi connectivity index (χ1n) is 7.94. The van der Waals surface area contributed by atoms with Crippen LogP contribution >= 0.6 is 27.5 Å². The molecule has 3 N–H and O–H groups in total. The second-order valence-electron chi connectivity index (χ2n) is 5.78. The fraction of sp³-hybridized carbons (Fsp3) is 0.0526. The maximum Gasteiger partial charge on any atom is 0.256 e. The van der Waals surface area contributed by atoms with Gasteiger partial charge < -0.3 is 20.5 Å². The van der Waals surface area contributed by atoms with Crippen LogP contribution in [-0.4, -0.2) is 17.7 Å². The van der Waals surface area contributed by atoms with Crippen molar-refractivity contribution in [2.24, 2.45) is 0 Å². The summed E-state index contributed by atoms with van der Waals surface area (Å²) in [7, 11) is 0. The van der Waals surface area contributed by atoms with E-state index in [2.05, 4.69) is 26.2 Å². The quantitative estimate of drug-likeness (QED) is 0.607. The summed E-state index contributed by atoms with van der Waals surface area (Å²) < 4.78 is 11.6. The van der Waals surface area contributed by atoms with Gasteiger partial charge in [0.1, 0.15) is 11.6 Å². The minimum atomic E-state index is -0.296. The van der Waals surface area contributed by atoms with Crippen LogP contribution in [0.25, 0.3) is 11.1 Å². The van der Waals surface area contributed by atoms with Crippen molar-refractivity contribution in [3.63, 3.8) is 0 Å². The third-order valence-electron chi connectivity index (χ3n) is 4.03. The van der Waals surface area contributed by atoms with Crippen LogP contribution in [0.4, 0.5) is 11.6 Å². The van der Waals surface area contributed by atoms with Crippen molar-refractivity contribution >= 4 is 45.1 Å². The van der Waals surface area contributed by atoms with E-state index in [4.69, 9.17) is 26.8 Å². The Balaban J connectivity index is 1.60. The number of nitrogen functional groups attached to an aromatic ring is 1. The number of carbonyl (C=O) groups is 1. The summed E-state index contributed by atoms with van der Waals surface area (Å²) in [6.07, 6.45) is 0. The van der Waals surface area contributed by atoms with Gasteiger partial charge in [-0.15, -0.1) is 0 Å². The van der Waals surface area contributed by atoms with Gasteiger partial charge in [0.25, 0.3) is 5.91 Å². The zero-order valence-corrected chi connectivity index (χ0v) is 16.2. The molecule has 1 aliphatic rings. The van der Waals surface area contributed by atoms with Crippen molar-refractivity contribution in [3.8, 4) is 22.6 Å². The van der Waals surface area contributed by atoms with Crippen molar-refractivity contribution in [1.29, 1.82) is 0 Å². The molecule has 2 aromatic carbocycles. The molecule has 0 atom stereocenters. The molecule has 0 unspecified atom stereocenters. The number of fused-ring (bicyclic) bond motifs is 1. The summed E-state index contributed by atoms with van der Waals surface area (Å²) in [5, 5.41) is 3.29. The average molecular weight is 447 g/mol. The Morgan fingerprint density at radius 1 is 1.07 bits per heavy atom. The van der Waals surface area contributed by atoms with Gasteiger partial charge in [0, 0.05) is 26.2 Å². The Hall–Kier alpha value is -2.77. The van der Waals surface area contributed by atoms with Crippen molar-refractivity contribution < 1.29 is 14.3 Å². The smallest absolute Gasteiger partial charge is 0.256 e. The second kappa shape index (κ2) is 7.09. The number of nitrogens with zero attached hydrogens (tertiary/aromatic N) is 1. The predicted octanol–water partition coefficient (Wildman–Crippen LogP) is 4.73. The number of rotatable bonds is 3. The van der Waals surface area contributed by atoms with E-state index in [1.165, 1.54) is 0 Å². The summed E-state index contributed by atoms with van der Waals surface area (Å²) in [6, 6.07) is 13.7. The molecule has 136 valence electrons. The molecule has 1 amide bonds. The standard InChI is InChI=1S/C19H13BrClN3O3/c20-14-8-16-15(26-9-27-16)7-13(14)12-5-6-17(23-18(12)22)24-19(25)10-1-3-11(21)4-2-10/h1-8H,9H2,(H3,22,23,24,25). The highest BCUT2D eigenvalue weighted by atomic mass is 79.9. The maximum absolute atomic E-state index is 12.3. The second-order valence-corrected chi connectivity index (χ2v) is 7.07. The van der Waals surface area contributed by atoms with Crippen LogP contribution in [-0.2, 0) is 0 Å². The molecule has 6 nitrogen and oxygen atoms in total. The van der Waals surface area contributed by atoms with E-state index < -0.39 is 0 Å². The van der Waals surface area contributed by atoms with Gasteiger partial charge in [0.15, 0.2) is 11.5 Å². The van der Waals surface area contributed by atoms with E-state index in [1.54, 1.807) is 36.4 Å². The first-order chi connectivity index (χ1) is 13.0. The van der Waals surface area contributed by atoms with E-state index in [0.717, 1.165) is 10.0 Å². The summed E-state index contributed by atoms with van der Waals surface area (Å²) >= 11 is 9.36. The molecule has 27 heavy (non-hydrogen) atoms. The number of benzene rings is 2. The number of hydrogen-bond acceptors (Lipinski definition) is 5. The molecule has 1 aromatic heterocycles. The van der Waals surface area contributed by atoms with Crippen LogP contribution in [0.1, 0.15) is 10.4 Å². The van der Waals surface area contributed by atoms with Gasteiger partial charge in [-0.3, -0.25) is 4.79 Å². The Bertz CT molecular complexity index is 1040. The lowest BCUT2D eigenvalue weighted by Gasteiger charge is -2.11. The summed E-state index contributed by atoms with van der Waals surface area (Å²) in [5.41, 5.74) is 8.14. The van der Waals surface area contributed by atoms with Crippen LogP contribution in [0.2, 0.25) is 5.02 Å². The van der Waals surface area contributed by atoms with Gasteiger partial charge in [-0.05, 0) is 48.5 Å². The van der Waals surface area contributed by atoms with Gasteiger partial charge in [-0.1, -0.05) is 27.5 Å². The number of hydrogen-bond donors (Lipinski definition) is 2. The molecule has 0 radical (unpaired) electrons. The Morgan fingerprint density at radius 3 is 2.48 bits per heavy atom. The summed E-state index contributed by atoms with van der Waals surface area (Å²) in [4.78, 5) is 16.6. The number of nitrogens with one attached hydrogen (secondary N) is 1. The van der Waals surface area contributed by atoms with Crippen molar-refractivity contribution in [2.75, 3.05) is 17.8 Å². The lowest BCUT2D eigenvalue weighted by molar-refractivity contribution is 0.102. The summed E-state index contributed by atoms with van der Waals surface area (Å²) in [5.74, 6) is 1.66. The normalized spacial score (nSPS) is 12.1. The van der Waals surface area contributed by atoms with Crippen molar-refractivity contribution in [3.05, 3.63) is 63.6 Å². The number of amides is 1. The number of nitrogens with two attached hydrogens (primary N) is 1. The molecule has 0 aliphatic carbocycles. The fourth-order valence-corrected chi connectivity index (χ4v) is 3.35. The minimum absolute atomic E-state index is 0.189. The van der Waals surface area contributed by atoms with Crippen molar-refractivity contribution in [1.82, 2.24) is 4.98 Å². The van der Waals surface area contributed by atoms with E-state index in [0.29, 0.717) is 33.5 Å². The van der Waals surface area contributed by atoms with E-state index in [-0.39, 0.29) is 18.5 Å². The Kier molecular flexibility index (Phi) is 4.63. The summed E-state index contributed by atoms with van der Waals surface area (Å²) in [6.45, 7) is 0.189. The van der Waals surface area contributed by atoms with Crippen LogP contribution in [0.5, 0.6) is 11.5 Å². The molecule has 8 heteroatoms. The third kappa shape index (κ3) is 3.56. The largest absolute Gasteiger partial charge is 0.454 e.